The first-order valence-corrected chi connectivity index (χ1v) is 7.68. The lowest BCUT2D eigenvalue weighted by atomic mass is 10.0. The lowest BCUT2D eigenvalue weighted by Gasteiger charge is -2.14. The molecular weight excluding hydrogens is 262 g/mol. The molecule has 0 saturated carbocycles. The molecule has 0 radical (unpaired) electrons. The van der Waals surface area contributed by atoms with Gasteiger partial charge in [-0.05, 0) is 51.6 Å². The lowest BCUT2D eigenvalue weighted by molar-refractivity contribution is -0.119. The number of nitrogens with zero attached hydrogens (tertiary/aromatic N) is 1. The van der Waals surface area contributed by atoms with Crippen LogP contribution in [-0.2, 0) is 11.3 Å². The fourth-order valence-electron chi connectivity index (χ4n) is 2.20. The summed E-state index contributed by atoms with van der Waals surface area (Å²) in [5.41, 5.74) is 7.82. The Hall–Kier alpha value is -1.39. The molecule has 2 unspecified atom stereocenters. The molecule has 0 aliphatic carbocycles. The van der Waals surface area contributed by atoms with Crippen molar-refractivity contribution in [2.75, 3.05) is 19.4 Å². The zero-order chi connectivity index (χ0) is 15.8. The molecule has 0 aromatic heterocycles. The van der Waals surface area contributed by atoms with E-state index >= 15 is 0 Å². The Bertz CT molecular complexity index is 426. The third-order valence-corrected chi connectivity index (χ3v) is 3.46. The molecule has 0 heterocycles. The highest BCUT2D eigenvalue weighted by Crippen LogP contribution is 2.15. The van der Waals surface area contributed by atoms with E-state index < -0.39 is 0 Å². The topological polar surface area (TPSA) is 58.4 Å². The highest BCUT2D eigenvalue weighted by Gasteiger charge is 2.13. The van der Waals surface area contributed by atoms with Gasteiger partial charge in [0, 0.05) is 24.2 Å². The second-order valence-electron chi connectivity index (χ2n) is 6.23. The third-order valence-electron chi connectivity index (χ3n) is 3.46. The smallest absolute Gasteiger partial charge is 0.227 e. The summed E-state index contributed by atoms with van der Waals surface area (Å²) in [4.78, 5) is 14.2. The summed E-state index contributed by atoms with van der Waals surface area (Å²) in [5.74, 6) is 0.102. The summed E-state index contributed by atoms with van der Waals surface area (Å²) in [6, 6.07) is 8.24. The van der Waals surface area contributed by atoms with Crippen molar-refractivity contribution in [2.45, 2.75) is 45.7 Å². The number of nitrogens with two attached hydrogens (primary N) is 1. The summed E-state index contributed by atoms with van der Waals surface area (Å²) in [6.45, 7) is 4.87. The maximum Gasteiger partial charge on any atom is 0.227 e. The highest BCUT2D eigenvalue weighted by molar-refractivity contribution is 5.92. The van der Waals surface area contributed by atoms with Crippen LogP contribution in [0.25, 0.3) is 0 Å². The number of carbonyl (C=O) groups excluding carboxylic acids is 1. The van der Waals surface area contributed by atoms with Gasteiger partial charge in [0.2, 0.25) is 5.91 Å². The van der Waals surface area contributed by atoms with Crippen LogP contribution in [0.2, 0.25) is 0 Å². The maximum atomic E-state index is 12.1. The van der Waals surface area contributed by atoms with Crippen molar-refractivity contribution in [1.29, 1.82) is 0 Å². The second kappa shape index (κ2) is 8.80. The Kier molecular flexibility index (Phi) is 7.40. The number of carbonyl (C=O) groups is 1. The Morgan fingerprint density at radius 2 is 1.81 bits per heavy atom. The third kappa shape index (κ3) is 7.25. The summed E-state index contributed by atoms with van der Waals surface area (Å²) in [5, 5.41) is 2.98. The van der Waals surface area contributed by atoms with Crippen LogP contribution < -0.4 is 11.1 Å². The molecular formula is C17H29N3O. The number of benzene rings is 1. The molecule has 4 nitrogen and oxygen atoms in total. The minimum atomic E-state index is 0.0187. The van der Waals surface area contributed by atoms with E-state index in [1.54, 1.807) is 0 Å². The first kappa shape index (κ1) is 17.7. The average Bonchev–Trinajstić information content (AvgIpc) is 2.39. The fraction of sp³-hybridized carbons (Fsp3) is 0.588. The average molecular weight is 291 g/mol. The van der Waals surface area contributed by atoms with E-state index in [0.29, 0.717) is 0 Å². The monoisotopic (exact) mass is 291 g/mol. The van der Waals surface area contributed by atoms with Crippen LogP contribution in [0.3, 0.4) is 0 Å². The van der Waals surface area contributed by atoms with Gasteiger partial charge in [-0.1, -0.05) is 25.5 Å². The van der Waals surface area contributed by atoms with Crippen molar-refractivity contribution < 1.29 is 4.79 Å². The van der Waals surface area contributed by atoms with Gasteiger partial charge in [-0.3, -0.25) is 4.79 Å². The van der Waals surface area contributed by atoms with Gasteiger partial charge in [-0.15, -0.1) is 0 Å². The van der Waals surface area contributed by atoms with Crippen LogP contribution in [0.5, 0.6) is 0 Å². The first-order chi connectivity index (χ1) is 9.88. The number of nitrogens with one attached hydrogen (secondary N) is 1. The molecule has 1 amide bonds. The van der Waals surface area contributed by atoms with Crippen LogP contribution in [0.1, 0.15) is 38.7 Å². The predicted octanol–water partition coefficient (Wildman–Crippen LogP) is 2.84. The van der Waals surface area contributed by atoms with E-state index in [1.165, 1.54) is 5.56 Å². The van der Waals surface area contributed by atoms with Crippen LogP contribution in [0.4, 0.5) is 5.69 Å². The van der Waals surface area contributed by atoms with Gasteiger partial charge in [-0.25, -0.2) is 0 Å². The minimum absolute atomic E-state index is 0.0187. The van der Waals surface area contributed by atoms with Crippen molar-refractivity contribution in [3.63, 3.8) is 0 Å². The molecule has 0 fully saturated rings. The van der Waals surface area contributed by atoms with Crippen molar-refractivity contribution >= 4 is 11.6 Å². The summed E-state index contributed by atoms with van der Waals surface area (Å²) in [7, 11) is 4.08. The Morgan fingerprint density at radius 3 is 2.33 bits per heavy atom. The number of amides is 1. The Balaban J connectivity index is 2.43. The quantitative estimate of drug-likeness (QED) is 0.774. The van der Waals surface area contributed by atoms with Gasteiger partial charge in [0.25, 0.3) is 0 Å². The van der Waals surface area contributed by atoms with Gasteiger partial charge >= 0.3 is 0 Å². The maximum absolute atomic E-state index is 12.1. The van der Waals surface area contributed by atoms with E-state index in [2.05, 4.69) is 22.3 Å². The van der Waals surface area contributed by atoms with Crippen molar-refractivity contribution in [1.82, 2.24) is 4.90 Å². The van der Waals surface area contributed by atoms with E-state index in [9.17, 15) is 4.79 Å². The molecule has 3 N–H and O–H groups in total. The number of hydrogen-bond acceptors (Lipinski definition) is 3. The molecule has 2 atom stereocenters. The standard InChI is InChI=1S/C17H29N3O/c1-13(6-5-7-14(2)18)17(21)19-16-10-8-15(9-11-16)12-20(3)4/h8-11,13-14H,5-7,12,18H2,1-4H3,(H,19,21). The zero-order valence-electron chi connectivity index (χ0n) is 13.7. The van der Waals surface area contributed by atoms with E-state index in [4.69, 9.17) is 5.73 Å². The van der Waals surface area contributed by atoms with Crippen LogP contribution >= 0.6 is 0 Å². The summed E-state index contributed by atoms with van der Waals surface area (Å²) in [6.07, 6.45) is 2.84. The molecule has 1 aromatic rings. The molecule has 0 spiro atoms. The highest BCUT2D eigenvalue weighted by atomic mass is 16.1. The van der Waals surface area contributed by atoms with Crippen molar-refractivity contribution in [2.24, 2.45) is 11.7 Å². The molecule has 1 rings (SSSR count). The second-order valence-corrected chi connectivity index (χ2v) is 6.23. The zero-order valence-corrected chi connectivity index (χ0v) is 13.7. The number of anilines is 1. The molecule has 0 bridgehead atoms. The van der Waals surface area contributed by atoms with Gasteiger partial charge in [0.05, 0.1) is 0 Å². The lowest BCUT2D eigenvalue weighted by Crippen LogP contribution is -2.21. The van der Waals surface area contributed by atoms with E-state index in [1.807, 2.05) is 40.1 Å². The molecule has 1 aromatic carbocycles. The van der Waals surface area contributed by atoms with Crippen molar-refractivity contribution in [3.8, 4) is 0 Å². The fourth-order valence-corrected chi connectivity index (χ4v) is 2.20. The van der Waals surface area contributed by atoms with Gasteiger partial charge in [-0.2, -0.15) is 0 Å². The largest absolute Gasteiger partial charge is 0.328 e. The SMILES string of the molecule is CC(N)CCCC(C)C(=O)Nc1ccc(CN(C)C)cc1. The summed E-state index contributed by atoms with van der Waals surface area (Å²) >= 11 is 0. The van der Waals surface area contributed by atoms with E-state index in [-0.39, 0.29) is 17.9 Å². The van der Waals surface area contributed by atoms with Crippen LogP contribution in [-0.4, -0.2) is 30.9 Å². The Morgan fingerprint density at radius 1 is 1.19 bits per heavy atom. The van der Waals surface area contributed by atoms with Crippen molar-refractivity contribution in [3.05, 3.63) is 29.8 Å². The van der Waals surface area contributed by atoms with Crippen LogP contribution in [0, 0.1) is 5.92 Å². The Labute approximate surface area is 128 Å². The molecule has 0 aliphatic heterocycles. The molecule has 4 heteroatoms. The molecule has 118 valence electrons. The first-order valence-electron chi connectivity index (χ1n) is 7.68. The minimum Gasteiger partial charge on any atom is -0.328 e. The van der Waals surface area contributed by atoms with Crippen LogP contribution in [0.15, 0.2) is 24.3 Å². The predicted molar refractivity (Wildman–Crippen MR) is 89.1 cm³/mol. The number of hydrogen-bond donors (Lipinski definition) is 2. The van der Waals surface area contributed by atoms with E-state index in [0.717, 1.165) is 31.5 Å². The van der Waals surface area contributed by atoms with Gasteiger partial charge in [0.15, 0.2) is 0 Å². The van der Waals surface area contributed by atoms with Gasteiger partial charge < -0.3 is 16.0 Å². The molecule has 21 heavy (non-hydrogen) atoms. The van der Waals surface area contributed by atoms with Gasteiger partial charge in [0.1, 0.15) is 0 Å². The normalized spacial score (nSPS) is 14.0. The number of rotatable bonds is 8. The molecule has 0 saturated heterocycles. The molecule has 0 aliphatic rings. The summed E-state index contributed by atoms with van der Waals surface area (Å²) < 4.78 is 0.